The van der Waals surface area contributed by atoms with Crippen molar-refractivity contribution in [2.75, 3.05) is 18.8 Å². The fourth-order valence-electron chi connectivity index (χ4n) is 2.58. The third-order valence-corrected chi connectivity index (χ3v) is 7.21. The highest BCUT2D eigenvalue weighted by molar-refractivity contribution is 7.99. The normalized spacial score (nSPS) is 15.0. The lowest BCUT2D eigenvalue weighted by molar-refractivity contribution is -0.131. The van der Waals surface area contributed by atoms with Crippen molar-refractivity contribution >= 4 is 27.5 Å². The van der Waals surface area contributed by atoms with Crippen LogP contribution in [0.3, 0.4) is 0 Å². The molecule has 1 aliphatic heterocycles. The minimum absolute atomic E-state index is 0.0495. The third-order valence-electron chi connectivity index (χ3n) is 4.12. The highest BCUT2D eigenvalue weighted by Gasteiger charge is 2.40. The second-order valence-corrected chi connectivity index (χ2v) is 9.11. The molecule has 0 saturated carbocycles. The van der Waals surface area contributed by atoms with Crippen molar-refractivity contribution in [1.29, 1.82) is 0 Å². The van der Waals surface area contributed by atoms with Crippen molar-refractivity contribution in [3.63, 3.8) is 0 Å². The van der Waals surface area contributed by atoms with Gasteiger partial charge in [-0.1, -0.05) is 30.3 Å². The van der Waals surface area contributed by atoms with Gasteiger partial charge < -0.3 is 4.90 Å². The SMILES string of the molecule is O=C(CSCc1ccccc1)N1CC(S(=O)(=O)c2ccc(F)cc2)C1. The number of nitrogens with zero attached hydrogens (tertiary/aromatic N) is 1. The summed E-state index contributed by atoms with van der Waals surface area (Å²) < 4.78 is 37.8. The molecule has 25 heavy (non-hydrogen) atoms. The van der Waals surface area contributed by atoms with Gasteiger partial charge in [-0.15, -0.1) is 11.8 Å². The van der Waals surface area contributed by atoms with Crippen molar-refractivity contribution in [1.82, 2.24) is 4.90 Å². The maximum atomic E-state index is 12.9. The van der Waals surface area contributed by atoms with Crippen LogP contribution in [0, 0.1) is 5.82 Å². The van der Waals surface area contributed by atoms with Crippen LogP contribution in [0.15, 0.2) is 59.5 Å². The van der Waals surface area contributed by atoms with Gasteiger partial charge in [0, 0.05) is 18.8 Å². The van der Waals surface area contributed by atoms with Gasteiger partial charge >= 0.3 is 0 Å². The minimum atomic E-state index is -3.52. The first-order valence-corrected chi connectivity index (χ1v) is 10.6. The third kappa shape index (κ3) is 4.22. The van der Waals surface area contributed by atoms with Crippen LogP contribution >= 0.6 is 11.8 Å². The van der Waals surface area contributed by atoms with E-state index in [2.05, 4.69) is 0 Å². The number of carbonyl (C=O) groups is 1. The molecule has 1 aliphatic rings. The van der Waals surface area contributed by atoms with Gasteiger partial charge in [0.2, 0.25) is 5.91 Å². The molecule has 0 bridgehead atoms. The van der Waals surface area contributed by atoms with Crippen LogP contribution in [0.2, 0.25) is 0 Å². The second-order valence-electron chi connectivity index (χ2n) is 5.90. The summed E-state index contributed by atoms with van der Waals surface area (Å²) in [4.78, 5) is 13.8. The summed E-state index contributed by atoms with van der Waals surface area (Å²) in [6.45, 7) is 0.398. The number of benzene rings is 2. The Bertz CT molecular complexity index is 832. The van der Waals surface area contributed by atoms with Crippen molar-refractivity contribution < 1.29 is 17.6 Å². The van der Waals surface area contributed by atoms with Crippen LogP contribution in [0.25, 0.3) is 0 Å². The van der Waals surface area contributed by atoms with Crippen LogP contribution in [-0.4, -0.2) is 43.3 Å². The molecule has 0 aliphatic carbocycles. The lowest BCUT2D eigenvalue weighted by atomic mass is 10.2. The molecule has 0 N–H and O–H groups in total. The van der Waals surface area contributed by atoms with Crippen molar-refractivity contribution in [2.24, 2.45) is 0 Å². The van der Waals surface area contributed by atoms with Crippen LogP contribution < -0.4 is 0 Å². The molecule has 0 atom stereocenters. The van der Waals surface area contributed by atoms with Crippen LogP contribution in [0.5, 0.6) is 0 Å². The van der Waals surface area contributed by atoms with Crippen molar-refractivity contribution in [3.8, 4) is 0 Å². The monoisotopic (exact) mass is 379 g/mol. The molecule has 0 aromatic heterocycles. The van der Waals surface area contributed by atoms with E-state index >= 15 is 0 Å². The predicted octanol–water partition coefficient (Wildman–Crippen LogP) is 2.74. The molecule has 0 spiro atoms. The smallest absolute Gasteiger partial charge is 0.232 e. The van der Waals surface area contributed by atoms with E-state index in [1.807, 2.05) is 30.3 Å². The number of rotatable bonds is 6. The van der Waals surface area contributed by atoms with E-state index in [-0.39, 0.29) is 23.9 Å². The van der Waals surface area contributed by atoms with Crippen molar-refractivity contribution in [3.05, 3.63) is 66.0 Å². The van der Waals surface area contributed by atoms with Gasteiger partial charge in [-0.3, -0.25) is 4.79 Å². The van der Waals surface area contributed by atoms with Crippen LogP contribution in [0.1, 0.15) is 5.56 Å². The molecule has 0 radical (unpaired) electrons. The number of amides is 1. The molecule has 2 aromatic carbocycles. The molecular formula is C18H18FNO3S2. The van der Waals surface area contributed by atoms with E-state index in [1.165, 1.54) is 23.9 Å². The summed E-state index contributed by atoms with van der Waals surface area (Å²) in [5.41, 5.74) is 1.15. The Hall–Kier alpha value is -1.86. The first kappa shape index (κ1) is 17.9. The standard InChI is InChI=1S/C18H18FNO3S2/c19-15-6-8-16(9-7-15)25(22,23)17-10-20(11-17)18(21)13-24-12-14-4-2-1-3-5-14/h1-9,17H,10-13H2. The molecule has 7 heteroatoms. The lowest BCUT2D eigenvalue weighted by Gasteiger charge is -2.38. The fraction of sp³-hybridized carbons (Fsp3) is 0.278. The Labute approximate surface area is 151 Å². The van der Waals surface area contributed by atoms with E-state index in [0.717, 1.165) is 23.4 Å². The molecule has 1 heterocycles. The highest BCUT2D eigenvalue weighted by atomic mass is 32.2. The van der Waals surface area contributed by atoms with Gasteiger partial charge in [-0.25, -0.2) is 12.8 Å². The minimum Gasteiger partial charge on any atom is -0.339 e. The first-order valence-electron chi connectivity index (χ1n) is 7.86. The van der Waals surface area contributed by atoms with Gasteiger partial charge in [0.1, 0.15) is 11.1 Å². The molecule has 4 nitrogen and oxygen atoms in total. The average Bonchev–Trinajstić information content (AvgIpc) is 2.54. The molecule has 3 rings (SSSR count). The summed E-state index contributed by atoms with van der Waals surface area (Å²) in [5.74, 6) is 0.557. The summed E-state index contributed by atoms with van der Waals surface area (Å²) in [5, 5.41) is -0.610. The molecule has 1 fully saturated rings. The zero-order chi connectivity index (χ0) is 17.9. The van der Waals surface area contributed by atoms with Gasteiger partial charge in [0.25, 0.3) is 0 Å². The number of carbonyl (C=O) groups excluding carboxylic acids is 1. The van der Waals surface area contributed by atoms with E-state index in [1.54, 1.807) is 4.90 Å². The summed E-state index contributed by atoms with van der Waals surface area (Å²) in [7, 11) is -3.52. The van der Waals surface area contributed by atoms with E-state index < -0.39 is 20.9 Å². The topological polar surface area (TPSA) is 54.5 Å². The lowest BCUT2D eigenvalue weighted by Crippen LogP contribution is -2.57. The number of likely N-dealkylation sites (tertiary alicyclic amines) is 1. The Kier molecular flexibility index (Phi) is 5.44. The van der Waals surface area contributed by atoms with Crippen molar-refractivity contribution in [2.45, 2.75) is 15.9 Å². The van der Waals surface area contributed by atoms with E-state index in [9.17, 15) is 17.6 Å². The van der Waals surface area contributed by atoms with Crippen LogP contribution in [-0.2, 0) is 20.4 Å². The van der Waals surface area contributed by atoms with E-state index in [4.69, 9.17) is 0 Å². The number of hydrogen-bond acceptors (Lipinski definition) is 4. The Morgan fingerprint density at radius 3 is 2.36 bits per heavy atom. The zero-order valence-corrected chi connectivity index (χ0v) is 15.1. The fourth-order valence-corrected chi connectivity index (χ4v) is 5.12. The van der Waals surface area contributed by atoms with Gasteiger partial charge in [-0.05, 0) is 29.8 Å². The Morgan fingerprint density at radius 2 is 1.72 bits per heavy atom. The quantitative estimate of drug-likeness (QED) is 0.724. The first-order chi connectivity index (χ1) is 12.0. The molecule has 1 saturated heterocycles. The largest absolute Gasteiger partial charge is 0.339 e. The zero-order valence-electron chi connectivity index (χ0n) is 13.5. The van der Waals surface area contributed by atoms with Crippen LogP contribution in [0.4, 0.5) is 4.39 Å². The second kappa shape index (κ2) is 7.58. The van der Waals surface area contributed by atoms with Gasteiger partial charge in [0.15, 0.2) is 9.84 Å². The average molecular weight is 379 g/mol. The maximum Gasteiger partial charge on any atom is 0.232 e. The summed E-state index contributed by atoms with van der Waals surface area (Å²) in [6.07, 6.45) is 0. The number of sulfone groups is 1. The number of hydrogen-bond donors (Lipinski definition) is 0. The predicted molar refractivity (Wildman–Crippen MR) is 96.6 cm³/mol. The molecule has 1 amide bonds. The molecule has 2 aromatic rings. The van der Waals surface area contributed by atoms with Gasteiger partial charge in [0.05, 0.1) is 10.6 Å². The van der Waals surface area contributed by atoms with Gasteiger partial charge in [-0.2, -0.15) is 0 Å². The Balaban J connectivity index is 1.48. The Morgan fingerprint density at radius 1 is 1.08 bits per heavy atom. The molecule has 0 unspecified atom stereocenters. The summed E-state index contributed by atoms with van der Waals surface area (Å²) in [6, 6.07) is 14.7. The van der Waals surface area contributed by atoms with E-state index in [0.29, 0.717) is 5.75 Å². The highest BCUT2D eigenvalue weighted by Crippen LogP contribution is 2.25. The summed E-state index contributed by atoms with van der Waals surface area (Å²) >= 11 is 1.52. The number of halogens is 1. The molecular weight excluding hydrogens is 361 g/mol. The molecule has 132 valence electrons. The maximum absolute atomic E-state index is 12.9. The number of thioether (sulfide) groups is 1.